The molecular weight excluding hydrogens is 602 g/mol. The maximum atomic E-state index is 14.2. The summed E-state index contributed by atoms with van der Waals surface area (Å²) >= 11 is 0. The van der Waals surface area contributed by atoms with Crippen molar-refractivity contribution in [1.29, 1.82) is 0 Å². The van der Waals surface area contributed by atoms with Crippen LogP contribution in [0, 0.1) is 0 Å². The highest BCUT2D eigenvalue weighted by atomic mass is 16.6. The number of carbonyl (C=O) groups is 5. The second-order valence-corrected chi connectivity index (χ2v) is 12.3. The number of aliphatic carboxylic acids is 1. The lowest BCUT2D eigenvalue weighted by Crippen LogP contribution is -2.63. The fourth-order valence-corrected chi connectivity index (χ4v) is 6.56. The largest absolute Gasteiger partial charge is 0.481 e. The smallest absolute Gasteiger partial charge is 0.303 e. The number of hydrogen-bond acceptors (Lipinski definition) is 6. The monoisotopic (exact) mass is 645 g/mol. The number of nitrogens with one attached hydrogen (secondary N) is 3. The van der Waals surface area contributed by atoms with Crippen LogP contribution in [0.5, 0.6) is 0 Å². The van der Waals surface area contributed by atoms with Crippen LogP contribution in [0.4, 0.5) is 0 Å². The number of amides is 4. The fraction of sp³-hybridized carbons (Fsp3) is 0.457. The van der Waals surface area contributed by atoms with Crippen molar-refractivity contribution < 1.29 is 33.9 Å². The van der Waals surface area contributed by atoms with Gasteiger partial charge in [-0.05, 0) is 49.3 Å². The predicted octanol–water partition coefficient (Wildman–Crippen LogP) is 2.37. The van der Waals surface area contributed by atoms with Crippen molar-refractivity contribution in [3.63, 3.8) is 0 Å². The van der Waals surface area contributed by atoms with E-state index in [1.54, 1.807) is 15.8 Å². The number of rotatable bonds is 11. The van der Waals surface area contributed by atoms with Gasteiger partial charge in [-0.25, -0.2) is 0 Å². The summed E-state index contributed by atoms with van der Waals surface area (Å²) in [5.41, 5.74) is 2.40. The van der Waals surface area contributed by atoms with Gasteiger partial charge in [-0.15, -0.1) is 0 Å². The summed E-state index contributed by atoms with van der Waals surface area (Å²) in [6.45, 7) is 0.365. The van der Waals surface area contributed by atoms with E-state index in [1.165, 1.54) is 7.11 Å². The van der Waals surface area contributed by atoms with Gasteiger partial charge in [0, 0.05) is 37.4 Å². The number of carboxylic acid groups (broad SMARTS) is 1. The minimum Gasteiger partial charge on any atom is -0.481 e. The first-order valence-corrected chi connectivity index (χ1v) is 16.4. The minimum absolute atomic E-state index is 0.0177. The third kappa shape index (κ3) is 8.30. The number of para-hydroxylation sites is 1. The zero-order valence-electron chi connectivity index (χ0n) is 26.7. The Labute approximate surface area is 273 Å². The molecular formula is C35H43N5O7. The van der Waals surface area contributed by atoms with Crippen molar-refractivity contribution >= 4 is 40.5 Å². The number of unbranched alkanes of at least 4 members (excludes halogenated alkanes) is 2. The molecule has 12 nitrogen and oxygen atoms in total. The zero-order valence-corrected chi connectivity index (χ0v) is 26.7. The van der Waals surface area contributed by atoms with Crippen molar-refractivity contribution in [1.82, 2.24) is 25.6 Å². The van der Waals surface area contributed by atoms with E-state index in [0.717, 1.165) is 34.9 Å². The Bertz CT molecular complexity index is 1590. The summed E-state index contributed by atoms with van der Waals surface area (Å²) in [6.07, 6.45) is 5.79. The van der Waals surface area contributed by atoms with Gasteiger partial charge in [0.1, 0.15) is 31.3 Å². The molecule has 2 saturated heterocycles. The van der Waals surface area contributed by atoms with Gasteiger partial charge in [0.2, 0.25) is 23.6 Å². The summed E-state index contributed by atoms with van der Waals surface area (Å²) < 4.78 is 1.60. The van der Waals surface area contributed by atoms with Crippen LogP contribution in [-0.2, 0) is 36.8 Å². The topological polar surface area (TPSA) is 159 Å². The summed E-state index contributed by atoms with van der Waals surface area (Å²) in [6, 6.07) is 13.2. The Kier molecular flexibility index (Phi) is 11.1. The van der Waals surface area contributed by atoms with Gasteiger partial charge in [-0.3, -0.25) is 24.0 Å². The van der Waals surface area contributed by atoms with Crippen molar-refractivity contribution in [3.8, 4) is 0 Å². The highest BCUT2D eigenvalue weighted by molar-refractivity contribution is 5.98. The Morgan fingerprint density at radius 3 is 2.30 bits per heavy atom. The summed E-state index contributed by atoms with van der Waals surface area (Å²) in [7, 11) is 1.54. The second-order valence-electron chi connectivity index (χ2n) is 12.3. The van der Waals surface area contributed by atoms with E-state index in [0.29, 0.717) is 32.2 Å². The number of piperidine rings is 1. The number of fused-ring (bicyclic) bond motifs is 2. The van der Waals surface area contributed by atoms with Gasteiger partial charge in [0.05, 0.1) is 5.52 Å². The minimum atomic E-state index is -1.08. The Morgan fingerprint density at radius 2 is 1.53 bits per heavy atom. The predicted molar refractivity (Wildman–Crippen MR) is 174 cm³/mol. The maximum Gasteiger partial charge on any atom is 0.303 e. The number of benzene rings is 2. The van der Waals surface area contributed by atoms with E-state index in [4.69, 9.17) is 9.94 Å². The molecule has 2 aliphatic rings. The Hall–Kier alpha value is -4.87. The molecule has 47 heavy (non-hydrogen) atoms. The summed E-state index contributed by atoms with van der Waals surface area (Å²) in [5, 5.41) is 18.6. The van der Waals surface area contributed by atoms with Crippen molar-refractivity contribution in [2.75, 3.05) is 13.7 Å². The van der Waals surface area contributed by atoms with Crippen molar-refractivity contribution in [2.45, 2.75) is 88.4 Å². The first-order chi connectivity index (χ1) is 22.7. The van der Waals surface area contributed by atoms with Crippen LogP contribution in [0.1, 0.15) is 62.5 Å². The molecule has 2 aliphatic heterocycles. The molecule has 4 N–H and O–H groups in total. The van der Waals surface area contributed by atoms with Crippen LogP contribution in [-0.4, -0.2) is 82.2 Å². The summed E-state index contributed by atoms with van der Waals surface area (Å²) in [4.78, 5) is 74.1. The van der Waals surface area contributed by atoms with Crippen LogP contribution in [0.25, 0.3) is 10.9 Å². The average Bonchev–Trinajstić information content (AvgIpc) is 3.43. The van der Waals surface area contributed by atoms with Gasteiger partial charge in [0.15, 0.2) is 0 Å². The number of hydrogen-bond donors (Lipinski definition) is 4. The maximum absolute atomic E-state index is 14.2. The van der Waals surface area contributed by atoms with Crippen LogP contribution >= 0.6 is 0 Å². The molecule has 2 aromatic carbocycles. The second kappa shape index (κ2) is 15.6. The molecule has 3 heterocycles. The Balaban J connectivity index is 1.48. The number of carboxylic acids is 1. The standard InChI is InChI=1S/C35H43N5O7/c1-47-40-22-24(25-14-8-9-16-29(25)40)21-27-33(44)38-28(20-23-12-4-2-5-13-23)35(46)39-19-11-10-17-30(39)34(45)36-26(32(43)37-27)15-6-3-7-18-31(41)42/h2,4-5,8-9,12-14,16,22,26-28,30H,3,6-7,10-11,15,17-21H2,1H3,(H,36,45)(H,37,43)(H,38,44)(H,41,42)/t26-,27-,28-,30+/m0/s1. The molecule has 0 radical (unpaired) electrons. The lowest BCUT2D eigenvalue weighted by molar-refractivity contribution is -0.146. The Morgan fingerprint density at radius 1 is 0.830 bits per heavy atom. The SMILES string of the molecule is COn1cc(C[C@@H]2NC(=O)[C@H](CCCCCC(=O)O)NC(=O)[C@H]3CCCCN3C(=O)[C@H](Cc3ccccc3)NC2=O)c2ccccc21. The molecule has 2 fully saturated rings. The lowest BCUT2D eigenvalue weighted by Gasteiger charge is -2.38. The summed E-state index contributed by atoms with van der Waals surface area (Å²) in [5.74, 6) is -2.66. The average molecular weight is 646 g/mol. The molecule has 0 unspecified atom stereocenters. The molecule has 3 aromatic rings. The highest BCUT2D eigenvalue weighted by Crippen LogP contribution is 2.24. The molecule has 0 saturated carbocycles. The van der Waals surface area contributed by atoms with E-state index < -0.39 is 47.9 Å². The number of carbonyl (C=O) groups excluding carboxylic acids is 4. The third-order valence-corrected chi connectivity index (χ3v) is 9.02. The third-order valence-electron chi connectivity index (χ3n) is 9.02. The van der Waals surface area contributed by atoms with Crippen molar-refractivity contribution in [2.24, 2.45) is 0 Å². The number of aromatic nitrogens is 1. The number of nitrogens with zero attached hydrogens (tertiary/aromatic N) is 2. The molecule has 12 heteroatoms. The molecule has 4 atom stereocenters. The molecule has 1 aromatic heterocycles. The van der Waals surface area contributed by atoms with Gasteiger partial charge in [-0.2, -0.15) is 4.73 Å². The van der Waals surface area contributed by atoms with Gasteiger partial charge in [-0.1, -0.05) is 61.4 Å². The normalized spacial score (nSPS) is 22.4. The van der Waals surface area contributed by atoms with E-state index in [2.05, 4.69) is 16.0 Å². The zero-order chi connectivity index (χ0) is 33.3. The van der Waals surface area contributed by atoms with Crippen LogP contribution in [0.15, 0.2) is 60.8 Å². The first-order valence-electron chi connectivity index (χ1n) is 16.4. The fourth-order valence-electron chi connectivity index (χ4n) is 6.56. The van der Waals surface area contributed by atoms with Crippen LogP contribution in [0.2, 0.25) is 0 Å². The van der Waals surface area contributed by atoms with E-state index in [-0.39, 0.29) is 31.6 Å². The first kappa shape index (κ1) is 33.5. The van der Waals surface area contributed by atoms with Gasteiger partial charge < -0.3 is 30.8 Å². The molecule has 0 aliphatic carbocycles. The quantitative estimate of drug-likeness (QED) is 0.233. The van der Waals surface area contributed by atoms with Gasteiger partial charge in [0.25, 0.3) is 0 Å². The van der Waals surface area contributed by atoms with Crippen LogP contribution in [0.3, 0.4) is 0 Å². The van der Waals surface area contributed by atoms with Gasteiger partial charge >= 0.3 is 5.97 Å². The van der Waals surface area contributed by atoms with E-state index in [1.807, 2.05) is 54.6 Å². The molecule has 250 valence electrons. The van der Waals surface area contributed by atoms with Crippen molar-refractivity contribution in [3.05, 3.63) is 71.9 Å². The van der Waals surface area contributed by atoms with Crippen LogP contribution < -0.4 is 20.8 Å². The molecule has 4 amide bonds. The molecule has 0 spiro atoms. The molecule has 5 rings (SSSR count). The van der Waals surface area contributed by atoms with E-state index >= 15 is 0 Å². The lowest BCUT2D eigenvalue weighted by atomic mass is 9.96. The highest BCUT2D eigenvalue weighted by Gasteiger charge is 2.39. The van der Waals surface area contributed by atoms with E-state index in [9.17, 15) is 24.0 Å². The molecule has 0 bridgehead atoms.